The van der Waals surface area contributed by atoms with Crippen molar-refractivity contribution in [3.05, 3.63) is 140 Å². The normalized spacial score (nSPS) is 13.9. The zero-order valence-electron chi connectivity index (χ0n) is 28.2. The van der Waals surface area contributed by atoms with Gasteiger partial charge in [0.05, 0.1) is 12.2 Å². The number of nitrogens with zero attached hydrogens (tertiary/aromatic N) is 3. The first-order chi connectivity index (χ1) is 23.7. The number of anilines is 1. The van der Waals surface area contributed by atoms with Crippen molar-refractivity contribution < 1.29 is 19.0 Å². The van der Waals surface area contributed by atoms with Crippen LogP contribution in [0.25, 0.3) is 0 Å². The molecule has 1 aromatic heterocycles. The van der Waals surface area contributed by atoms with E-state index in [1.54, 1.807) is 4.68 Å². The van der Waals surface area contributed by atoms with E-state index >= 15 is 0 Å². The Labute approximate surface area is 296 Å². The summed E-state index contributed by atoms with van der Waals surface area (Å²) in [6.07, 6.45) is 0. The highest BCUT2D eigenvalue weighted by atomic mass is 35.5. The summed E-state index contributed by atoms with van der Waals surface area (Å²) >= 11 is 7.89. The number of halogens is 1. The summed E-state index contributed by atoms with van der Waals surface area (Å²) in [6.45, 7) is 11.1. The van der Waals surface area contributed by atoms with Crippen molar-refractivity contribution in [2.75, 3.05) is 11.9 Å². The highest BCUT2D eigenvalue weighted by Gasteiger charge is 2.36. The molecule has 1 atom stereocenters. The molecule has 1 aliphatic heterocycles. The lowest BCUT2D eigenvalue weighted by Crippen LogP contribution is -2.29. The van der Waals surface area contributed by atoms with Gasteiger partial charge in [0.1, 0.15) is 19.3 Å². The van der Waals surface area contributed by atoms with Gasteiger partial charge in [-0.05, 0) is 91.8 Å². The average molecular weight is 695 g/mol. The van der Waals surface area contributed by atoms with E-state index in [1.807, 2.05) is 86.6 Å². The van der Waals surface area contributed by atoms with Gasteiger partial charge >= 0.3 is 5.97 Å². The van der Waals surface area contributed by atoms with Gasteiger partial charge in [-0.25, -0.2) is 9.48 Å². The summed E-state index contributed by atoms with van der Waals surface area (Å²) in [4.78, 5) is 18.7. The van der Waals surface area contributed by atoms with Crippen LogP contribution in [0.3, 0.4) is 0 Å². The molecule has 2 heterocycles. The Hall–Kier alpha value is -4.73. The standard InChI is InChI=1S/C39H39ClN4O4S/c1-6-46-34-20-29(16-17-33(34)47-22-31-19-25(3)24(2)18-26(31)4)36-35(37(45)48-21-28-12-8-7-9-13-28)27(5)41-38-42-39(43-44(36)38)49-23-30-14-10-11-15-32(30)40/h7-20,36H,6,21-23H2,1-5H3,(H,41,42,43). The third kappa shape index (κ3) is 7.79. The number of allylic oxidation sites excluding steroid dienone is 1. The molecule has 8 nitrogen and oxygen atoms in total. The molecule has 1 N–H and O–H groups in total. The van der Waals surface area contributed by atoms with Crippen LogP contribution < -0.4 is 14.8 Å². The van der Waals surface area contributed by atoms with Gasteiger partial charge in [-0.1, -0.05) is 90.1 Å². The Morgan fingerprint density at radius 1 is 0.857 bits per heavy atom. The zero-order chi connectivity index (χ0) is 34.5. The number of rotatable bonds is 12. The molecule has 0 fully saturated rings. The van der Waals surface area contributed by atoms with Crippen molar-refractivity contribution >= 4 is 35.3 Å². The Morgan fingerprint density at radius 3 is 2.39 bits per heavy atom. The monoisotopic (exact) mass is 694 g/mol. The van der Waals surface area contributed by atoms with E-state index < -0.39 is 12.0 Å². The SMILES string of the molecule is CCOc1cc(C2C(C(=O)OCc3ccccc3)=C(C)Nc3nc(SCc4ccccc4Cl)nn32)ccc1OCc1cc(C)c(C)cc1C. The number of thioether (sulfide) groups is 1. The van der Waals surface area contributed by atoms with Gasteiger partial charge < -0.3 is 19.5 Å². The van der Waals surface area contributed by atoms with Gasteiger partial charge in [0.15, 0.2) is 11.5 Å². The first-order valence-corrected chi connectivity index (χ1v) is 17.6. The molecule has 6 rings (SSSR count). The molecule has 0 spiro atoms. The van der Waals surface area contributed by atoms with E-state index in [2.05, 4.69) is 38.2 Å². The topological polar surface area (TPSA) is 87.5 Å². The largest absolute Gasteiger partial charge is 0.490 e. The summed E-state index contributed by atoms with van der Waals surface area (Å²) in [5.41, 5.74) is 8.48. The molecule has 0 radical (unpaired) electrons. The molecule has 49 heavy (non-hydrogen) atoms. The smallest absolute Gasteiger partial charge is 0.338 e. The Bertz CT molecular complexity index is 2010. The molecular weight excluding hydrogens is 656 g/mol. The molecule has 0 amide bonds. The van der Waals surface area contributed by atoms with Crippen molar-refractivity contribution in [2.24, 2.45) is 0 Å². The van der Waals surface area contributed by atoms with Crippen LogP contribution in [0.1, 0.15) is 58.8 Å². The lowest BCUT2D eigenvalue weighted by molar-refractivity contribution is -0.140. The van der Waals surface area contributed by atoms with E-state index in [0.717, 1.165) is 22.3 Å². The van der Waals surface area contributed by atoms with Crippen LogP contribution in [0, 0.1) is 20.8 Å². The van der Waals surface area contributed by atoms with Crippen LogP contribution in [-0.4, -0.2) is 27.3 Å². The Morgan fingerprint density at radius 2 is 1.61 bits per heavy atom. The van der Waals surface area contributed by atoms with Crippen LogP contribution in [0.4, 0.5) is 5.95 Å². The number of carbonyl (C=O) groups is 1. The summed E-state index contributed by atoms with van der Waals surface area (Å²) in [6, 6.07) is 26.8. The summed E-state index contributed by atoms with van der Waals surface area (Å²) in [7, 11) is 0. The number of nitrogens with one attached hydrogen (secondary N) is 1. The fourth-order valence-corrected chi connectivity index (χ4v) is 6.85. The van der Waals surface area contributed by atoms with Crippen LogP contribution in [-0.2, 0) is 28.5 Å². The number of hydrogen-bond acceptors (Lipinski definition) is 8. The second-order valence-corrected chi connectivity index (χ2v) is 13.3. The summed E-state index contributed by atoms with van der Waals surface area (Å²) in [5.74, 6) is 1.85. The number of benzene rings is 4. The Balaban J connectivity index is 1.34. The minimum Gasteiger partial charge on any atom is -0.490 e. The molecule has 1 aliphatic rings. The number of hydrogen-bond donors (Lipinski definition) is 1. The van der Waals surface area contributed by atoms with Crippen LogP contribution in [0.5, 0.6) is 11.5 Å². The van der Waals surface area contributed by atoms with Gasteiger partial charge in [-0.3, -0.25) is 0 Å². The second kappa shape index (κ2) is 15.2. The maximum Gasteiger partial charge on any atom is 0.338 e. The average Bonchev–Trinajstić information content (AvgIpc) is 3.50. The van der Waals surface area contributed by atoms with Gasteiger partial charge in [0, 0.05) is 16.5 Å². The van der Waals surface area contributed by atoms with Crippen molar-refractivity contribution in [1.82, 2.24) is 14.8 Å². The second-order valence-electron chi connectivity index (χ2n) is 12.0. The molecule has 0 saturated heterocycles. The van der Waals surface area contributed by atoms with Crippen molar-refractivity contribution in [3.8, 4) is 11.5 Å². The highest BCUT2D eigenvalue weighted by Crippen LogP contribution is 2.40. The lowest BCUT2D eigenvalue weighted by atomic mass is 9.95. The van der Waals surface area contributed by atoms with Crippen molar-refractivity contribution in [3.63, 3.8) is 0 Å². The van der Waals surface area contributed by atoms with E-state index in [-0.39, 0.29) is 6.61 Å². The molecule has 252 valence electrons. The number of aromatic nitrogens is 3. The molecule has 0 saturated carbocycles. The van der Waals surface area contributed by atoms with E-state index in [9.17, 15) is 4.79 Å². The number of carbonyl (C=O) groups excluding carboxylic acids is 1. The minimum atomic E-state index is -0.642. The first kappa shape index (κ1) is 34.1. The summed E-state index contributed by atoms with van der Waals surface area (Å²) in [5, 5.41) is 9.42. The van der Waals surface area contributed by atoms with Gasteiger partial charge in [0.2, 0.25) is 11.1 Å². The summed E-state index contributed by atoms with van der Waals surface area (Å²) < 4.78 is 20.1. The van der Waals surface area contributed by atoms with Gasteiger partial charge in [-0.2, -0.15) is 4.98 Å². The van der Waals surface area contributed by atoms with Crippen LogP contribution >= 0.6 is 23.4 Å². The van der Waals surface area contributed by atoms with Gasteiger partial charge in [0.25, 0.3) is 0 Å². The number of ether oxygens (including phenoxy) is 3. The van der Waals surface area contributed by atoms with E-state index in [4.69, 9.17) is 35.9 Å². The number of fused-ring (bicyclic) bond motifs is 1. The molecular formula is C39H39ClN4O4S. The van der Waals surface area contributed by atoms with Crippen LogP contribution in [0.2, 0.25) is 5.02 Å². The third-order valence-electron chi connectivity index (χ3n) is 8.50. The fraction of sp³-hybridized carbons (Fsp3) is 0.256. The molecule has 5 aromatic rings. The zero-order valence-corrected chi connectivity index (χ0v) is 29.8. The third-order valence-corrected chi connectivity index (χ3v) is 9.75. The molecule has 1 unspecified atom stereocenters. The quantitative estimate of drug-likeness (QED) is 0.102. The molecule has 0 aliphatic carbocycles. The first-order valence-electron chi connectivity index (χ1n) is 16.2. The Kier molecular flexibility index (Phi) is 10.6. The lowest BCUT2D eigenvalue weighted by Gasteiger charge is -2.28. The molecule has 0 bridgehead atoms. The molecule has 10 heteroatoms. The highest BCUT2D eigenvalue weighted by molar-refractivity contribution is 7.98. The van der Waals surface area contributed by atoms with Crippen LogP contribution in [0.15, 0.2) is 101 Å². The minimum absolute atomic E-state index is 0.140. The number of aryl methyl sites for hydroxylation is 3. The number of esters is 1. The fourth-order valence-electron chi connectivity index (χ4n) is 5.74. The maximum atomic E-state index is 13.9. The van der Waals surface area contributed by atoms with E-state index in [0.29, 0.717) is 57.9 Å². The maximum absolute atomic E-state index is 13.9. The van der Waals surface area contributed by atoms with Crippen molar-refractivity contribution in [1.29, 1.82) is 0 Å². The predicted molar refractivity (Wildman–Crippen MR) is 194 cm³/mol. The van der Waals surface area contributed by atoms with Gasteiger partial charge in [-0.15, -0.1) is 5.10 Å². The predicted octanol–water partition coefficient (Wildman–Crippen LogP) is 9.16. The van der Waals surface area contributed by atoms with Crippen molar-refractivity contribution in [2.45, 2.75) is 64.8 Å². The molecule has 4 aromatic carbocycles. The van der Waals surface area contributed by atoms with E-state index in [1.165, 1.54) is 28.5 Å².